The van der Waals surface area contributed by atoms with Gasteiger partial charge in [0.1, 0.15) is 0 Å². The van der Waals surface area contributed by atoms with E-state index in [4.69, 9.17) is 4.74 Å². The highest BCUT2D eigenvalue weighted by Gasteiger charge is 2.13. The van der Waals surface area contributed by atoms with Gasteiger partial charge in [0.2, 0.25) is 0 Å². The summed E-state index contributed by atoms with van der Waals surface area (Å²) in [6.45, 7) is 2.12. The third kappa shape index (κ3) is 3.21. The van der Waals surface area contributed by atoms with E-state index in [-0.39, 0.29) is 11.4 Å². The summed E-state index contributed by atoms with van der Waals surface area (Å²) < 4.78 is 7.11. The van der Waals surface area contributed by atoms with E-state index in [2.05, 4.69) is 0 Å². The van der Waals surface area contributed by atoms with Gasteiger partial charge in [-0.2, -0.15) is 0 Å². The van der Waals surface area contributed by atoms with Crippen molar-refractivity contribution in [3.8, 4) is 16.9 Å². The van der Waals surface area contributed by atoms with Crippen LogP contribution < -0.4 is 5.43 Å². The second-order valence-corrected chi connectivity index (χ2v) is 6.38. The molecule has 4 heteroatoms. The van der Waals surface area contributed by atoms with E-state index in [0.717, 1.165) is 22.5 Å². The number of ether oxygens (including phenoxy) is 1. The first-order chi connectivity index (χ1) is 13.7. The van der Waals surface area contributed by atoms with Gasteiger partial charge in [-0.3, -0.25) is 4.79 Å². The summed E-state index contributed by atoms with van der Waals surface area (Å²) in [7, 11) is 0. The first-order valence-electron chi connectivity index (χ1n) is 9.17. The summed E-state index contributed by atoms with van der Waals surface area (Å²) in [4.78, 5) is 24.7. The van der Waals surface area contributed by atoms with Crippen molar-refractivity contribution in [2.24, 2.45) is 0 Å². The lowest BCUT2D eigenvalue weighted by Crippen LogP contribution is -2.11. The molecule has 0 aliphatic carbocycles. The van der Waals surface area contributed by atoms with Crippen molar-refractivity contribution in [1.82, 2.24) is 4.57 Å². The fraction of sp³-hybridized carbons (Fsp3) is 0.0833. The van der Waals surface area contributed by atoms with Crippen LogP contribution in [0.25, 0.3) is 27.8 Å². The van der Waals surface area contributed by atoms with Crippen LogP contribution in [-0.4, -0.2) is 17.1 Å². The Kier molecular flexibility index (Phi) is 4.77. The van der Waals surface area contributed by atoms with Crippen molar-refractivity contribution < 1.29 is 9.53 Å². The summed E-state index contributed by atoms with van der Waals surface area (Å²) in [6, 6.07) is 26.2. The van der Waals surface area contributed by atoms with Gasteiger partial charge in [0, 0.05) is 17.1 Å². The zero-order valence-electron chi connectivity index (χ0n) is 15.5. The van der Waals surface area contributed by atoms with E-state index < -0.39 is 0 Å². The van der Waals surface area contributed by atoms with Gasteiger partial charge < -0.3 is 9.30 Å². The minimum absolute atomic E-state index is 0.0196. The first kappa shape index (κ1) is 17.7. The Morgan fingerprint density at radius 3 is 2.29 bits per heavy atom. The highest BCUT2D eigenvalue weighted by molar-refractivity contribution is 5.90. The molecule has 3 aromatic carbocycles. The van der Waals surface area contributed by atoms with E-state index in [1.54, 1.807) is 25.1 Å². The molecule has 28 heavy (non-hydrogen) atoms. The predicted octanol–water partition coefficient (Wildman–Crippen LogP) is 4.83. The highest BCUT2D eigenvalue weighted by atomic mass is 16.5. The number of aromatic nitrogens is 1. The third-order valence-corrected chi connectivity index (χ3v) is 4.63. The lowest BCUT2D eigenvalue weighted by Gasteiger charge is -2.17. The molecular formula is C24H19NO3. The maximum absolute atomic E-state index is 12.7. The minimum atomic E-state index is -0.345. The molecule has 0 radical (unpaired) electrons. The maximum Gasteiger partial charge on any atom is 0.338 e. The van der Waals surface area contributed by atoms with Crippen LogP contribution in [0.4, 0.5) is 0 Å². The van der Waals surface area contributed by atoms with E-state index in [1.165, 1.54) is 0 Å². The number of benzene rings is 3. The van der Waals surface area contributed by atoms with Gasteiger partial charge >= 0.3 is 5.97 Å². The summed E-state index contributed by atoms with van der Waals surface area (Å²) in [5, 5.41) is 0.650. The van der Waals surface area contributed by atoms with E-state index in [9.17, 15) is 9.59 Å². The van der Waals surface area contributed by atoms with Crippen LogP contribution in [0.15, 0.2) is 89.7 Å². The average molecular weight is 369 g/mol. The number of hydrogen-bond acceptors (Lipinski definition) is 3. The number of nitrogens with zero attached hydrogens (tertiary/aromatic N) is 1. The number of hydrogen-bond donors (Lipinski definition) is 0. The molecule has 4 nitrogen and oxygen atoms in total. The molecule has 0 spiro atoms. The van der Waals surface area contributed by atoms with Crippen LogP contribution in [0.2, 0.25) is 0 Å². The second kappa shape index (κ2) is 7.53. The number of esters is 1. The average Bonchev–Trinajstić information content (AvgIpc) is 2.75. The molecule has 0 saturated heterocycles. The van der Waals surface area contributed by atoms with Crippen LogP contribution in [0.3, 0.4) is 0 Å². The molecule has 4 rings (SSSR count). The molecule has 138 valence electrons. The fourth-order valence-electron chi connectivity index (χ4n) is 3.33. The van der Waals surface area contributed by atoms with Gasteiger partial charge in [-0.15, -0.1) is 0 Å². The number of fused-ring (bicyclic) bond motifs is 1. The molecule has 0 unspecified atom stereocenters. The van der Waals surface area contributed by atoms with Crippen molar-refractivity contribution in [3.63, 3.8) is 0 Å². The largest absolute Gasteiger partial charge is 0.462 e. The number of carbonyl (C=O) groups excluding carboxylic acids is 1. The van der Waals surface area contributed by atoms with Crippen LogP contribution in [0.1, 0.15) is 17.3 Å². The van der Waals surface area contributed by atoms with Crippen LogP contribution in [0.5, 0.6) is 0 Å². The fourth-order valence-corrected chi connectivity index (χ4v) is 3.33. The summed E-state index contributed by atoms with van der Waals surface area (Å²) in [6.07, 6.45) is 0. The maximum atomic E-state index is 12.7. The second-order valence-electron chi connectivity index (χ2n) is 6.38. The Labute approximate surface area is 162 Å². The Bertz CT molecular complexity index is 1190. The van der Waals surface area contributed by atoms with Crippen molar-refractivity contribution in [2.45, 2.75) is 6.92 Å². The van der Waals surface area contributed by atoms with Gasteiger partial charge in [-0.25, -0.2) is 4.79 Å². The number of pyridine rings is 1. The zero-order chi connectivity index (χ0) is 19.5. The van der Waals surface area contributed by atoms with Crippen LogP contribution >= 0.6 is 0 Å². The molecule has 1 aromatic heterocycles. The molecule has 0 saturated carbocycles. The van der Waals surface area contributed by atoms with Gasteiger partial charge in [-0.05, 0) is 48.9 Å². The molecule has 0 bridgehead atoms. The number of rotatable bonds is 4. The molecular weight excluding hydrogens is 350 g/mol. The third-order valence-electron chi connectivity index (χ3n) is 4.63. The SMILES string of the molecule is CCOC(=O)c1ccc(-n2c(-c3ccccc3)cc(=O)c3ccccc32)cc1. The number of carbonyl (C=O) groups is 1. The number of para-hydroxylation sites is 1. The monoisotopic (exact) mass is 369 g/mol. The summed E-state index contributed by atoms with van der Waals surface area (Å²) in [5.74, 6) is -0.345. The summed E-state index contributed by atoms with van der Waals surface area (Å²) >= 11 is 0. The smallest absolute Gasteiger partial charge is 0.338 e. The minimum Gasteiger partial charge on any atom is -0.462 e. The normalized spacial score (nSPS) is 10.8. The molecule has 0 fully saturated rings. The molecule has 1 heterocycles. The highest BCUT2D eigenvalue weighted by Crippen LogP contribution is 2.27. The van der Waals surface area contributed by atoms with Crippen LogP contribution in [-0.2, 0) is 4.74 Å². The molecule has 0 atom stereocenters. The molecule has 0 aliphatic heterocycles. The topological polar surface area (TPSA) is 48.3 Å². The standard InChI is InChI=1S/C24H19NO3/c1-2-28-24(27)18-12-14-19(15-13-18)25-21-11-7-6-10-20(21)23(26)16-22(25)17-8-4-3-5-9-17/h3-16H,2H2,1H3. The molecule has 0 N–H and O–H groups in total. The predicted molar refractivity (Wildman–Crippen MR) is 111 cm³/mol. The van der Waals surface area contributed by atoms with Gasteiger partial charge in [-0.1, -0.05) is 42.5 Å². The zero-order valence-corrected chi connectivity index (χ0v) is 15.5. The quantitative estimate of drug-likeness (QED) is 0.484. The van der Waals surface area contributed by atoms with E-state index >= 15 is 0 Å². The first-order valence-corrected chi connectivity index (χ1v) is 9.17. The van der Waals surface area contributed by atoms with Crippen molar-refractivity contribution in [1.29, 1.82) is 0 Å². The lowest BCUT2D eigenvalue weighted by atomic mass is 10.1. The Morgan fingerprint density at radius 1 is 0.893 bits per heavy atom. The van der Waals surface area contributed by atoms with Crippen molar-refractivity contribution in [3.05, 3.63) is 101 Å². The van der Waals surface area contributed by atoms with Gasteiger partial charge in [0.15, 0.2) is 5.43 Å². The Balaban J connectivity index is 1.96. The Hall–Kier alpha value is -3.66. The Morgan fingerprint density at radius 2 is 1.57 bits per heavy atom. The van der Waals surface area contributed by atoms with Crippen molar-refractivity contribution >= 4 is 16.9 Å². The molecule has 4 aromatic rings. The van der Waals surface area contributed by atoms with Gasteiger partial charge in [0.25, 0.3) is 0 Å². The van der Waals surface area contributed by atoms with E-state index in [1.807, 2.05) is 71.3 Å². The molecule has 0 aliphatic rings. The van der Waals surface area contributed by atoms with E-state index in [0.29, 0.717) is 17.6 Å². The molecule has 0 amide bonds. The van der Waals surface area contributed by atoms with Crippen molar-refractivity contribution in [2.75, 3.05) is 6.61 Å². The lowest BCUT2D eigenvalue weighted by molar-refractivity contribution is 0.0526. The van der Waals surface area contributed by atoms with Gasteiger partial charge in [0.05, 0.1) is 23.4 Å². The summed E-state index contributed by atoms with van der Waals surface area (Å²) in [5.41, 5.74) is 3.90. The van der Waals surface area contributed by atoms with Crippen LogP contribution in [0, 0.1) is 0 Å².